The Labute approximate surface area is 88.6 Å². The van der Waals surface area contributed by atoms with E-state index in [4.69, 9.17) is 16.6 Å². The van der Waals surface area contributed by atoms with Crippen LogP contribution in [-0.4, -0.2) is 35.7 Å². The van der Waals surface area contributed by atoms with E-state index in [0.717, 1.165) is 0 Å². The molecule has 0 aliphatic heterocycles. The van der Waals surface area contributed by atoms with Gasteiger partial charge in [-0.15, -0.1) is 0 Å². The molecular weight excluding hydrogens is 200 g/mol. The molecule has 0 amide bonds. The fourth-order valence-electron chi connectivity index (χ4n) is 0.954. The van der Waals surface area contributed by atoms with Gasteiger partial charge in [0.05, 0.1) is 0 Å². The lowest BCUT2D eigenvalue weighted by atomic mass is 10.1. The second kappa shape index (κ2) is 6.36. The Morgan fingerprint density at radius 2 is 1.80 bits per heavy atom. The van der Waals surface area contributed by atoms with E-state index in [1.807, 2.05) is 13.8 Å². The molecule has 0 aromatic heterocycles. The lowest BCUT2D eigenvalue weighted by Crippen LogP contribution is -2.40. The molecule has 0 aromatic carbocycles. The Balaban J connectivity index is 3.88. The van der Waals surface area contributed by atoms with Crippen LogP contribution in [0.1, 0.15) is 20.3 Å². The fourth-order valence-corrected chi connectivity index (χ4v) is 0.954. The van der Waals surface area contributed by atoms with Gasteiger partial charge in [-0.3, -0.25) is 9.59 Å². The molecule has 2 atom stereocenters. The largest absolute Gasteiger partial charge is 0.480 e. The summed E-state index contributed by atoms with van der Waals surface area (Å²) in [5.74, 6) is -1.54. The first kappa shape index (κ1) is 13.9. The maximum Gasteiger partial charge on any atom is 0.324 e. The molecule has 0 heterocycles. The summed E-state index contributed by atoms with van der Waals surface area (Å²) >= 11 is 0. The van der Waals surface area contributed by atoms with Crippen molar-refractivity contribution in [2.45, 2.75) is 32.4 Å². The van der Waals surface area contributed by atoms with E-state index < -0.39 is 24.0 Å². The molecule has 0 spiro atoms. The van der Waals surface area contributed by atoms with E-state index in [0.29, 0.717) is 6.42 Å². The summed E-state index contributed by atoms with van der Waals surface area (Å²) in [4.78, 5) is 21.5. The number of nitrogens with two attached hydrogens (primary N) is 2. The van der Waals surface area contributed by atoms with Crippen molar-refractivity contribution in [2.75, 3.05) is 6.61 Å². The maximum absolute atomic E-state index is 11.2. The van der Waals surface area contributed by atoms with Gasteiger partial charge in [0.15, 0.2) is 0 Å². The SMILES string of the molecule is CC(C)CC(N)C(=O)OCC(N)C(=O)O. The van der Waals surface area contributed by atoms with Crippen molar-refractivity contribution in [2.24, 2.45) is 17.4 Å². The summed E-state index contributed by atoms with van der Waals surface area (Å²) in [7, 11) is 0. The Hall–Kier alpha value is -1.14. The van der Waals surface area contributed by atoms with E-state index in [1.54, 1.807) is 0 Å². The Morgan fingerprint density at radius 3 is 2.20 bits per heavy atom. The van der Waals surface area contributed by atoms with Crippen LogP contribution in [0.3, 0.4) is 0 Å². The zero-order valence-corrected chi connectivity index (χ0v) is 8.97. The number of esters is 1. The highest BCUT2D eigenvalue weighted by Gasteiger charge is 2.19. The molecule has 5 N–H and O–H groups in total. The number of carbonyl (C=O) groups is 2. The van der Waals surface area contributed by atoms with Gasteiger partial charge in [0.2, 0.25) is 0 Å². The minimum atomic E-state index is -1.21. The molecule has 0 saturated heterocycles. The molecule has 0 radical (unpaired) electrons. The number of carbonyl (C=O) groups excluding carboxylic acids is 1. The number of aliphatic carboxylic acids is 1. The normalized spacial score (nSPS) is 14.7. The first-order chi connectivity index (χ1) is 6.84. The Bertz CT molecular complexity index is 230. The highest BCUT2D eigenvalue weighted by Crippen LogP contribution is 2.04. The standard InChI is InChI=1S/C9H18N2O4/c1-5(2)3-6(10)9(14)15-4-7(11)8(12)13/h5-7H,3-4,10-11H2,1-2H3,(H,12,13). The molecular formula is C9H18N2O4. The summed E-state index contributed by atoms with van der Waals surface area (Å²) in [6.07, 6.45) is 0.501. The van der Waals surface area contributed by atoms with Crippen LogP contribution in [0, 0.1) is 5.92 Å². The van der Waals surface area contributed by atoms with Crippen molar-refractivity contribution in [3.8, 4) is 0 Å². The molecule has 0 bridgehead atoms. The summed E-state index contributed by atoms with van der Waals surface area (Å²) in [5.41, 5.74) is 10.7. The molecule has 0 aromatic rings. The molecule has 15 heavy (non-hydrogen) atoms. The van der Waals surface area contributed by atoms with Crippen LogP contribution in [0.4, 0.5) is 0 Å². The van der Waals surface area contributed by atoms with Crippen LogP contribution in [0.25, 0.3) is 0 Å². The Morgan fingerprint density at radius 1 is 1.27 bits per heavy atom. The lowest BCUT2D eigenvalue weighted by Gasteiger charge is -2.14. The quantitative estimate of drug-likeness (QED) is 0.508. The molecule has 0 aliphatic rings. The summed E-state index contributed by atoms with van der Waals surface area (Å²) < 4.78 is 4.66. The highest BCUT2D eigenvalue weighted by molar-refractivity contribution is 5.77. The van der Waals surface area contributed by atoms with Crippen molar-refractivity contribution >= 4 is 11.9 Å². The lowest BCUT2D eigenvalue weighted by molar-refractivity contribution is -0.149. The molecule has 6 nitrogen and oxygen atoms in total. The summed E-state index contributed by atoms with van der Waals surface area (Å²) in [6, 6.07) is -1.91. The van der Waals surface area contributed by atoms with Crippen LogP contribution in [-0.2, 0) is 14.3 Å². The van der Waals surface area contributed by atoms with Gasteiger partial charge < -0.3 is 21.3 Å². The van der Waals surface area contributed by atoms with Gasteiger partial charge in [-0.25, -0.2) is 0 Å². The van der Waals surface area contributed by atoms with Crippen molar-refractivity contribution in [1.29, 1.82) is 0 Å². The Kier molecular flexibility index (Phi) is 5.88. The van der Waals surface area contributed by atoms with Gasteiger partial charge in [-0.05, 0) is 12.3 Å². The van der Waals surface area contributed by atoms with Crippen LogP contribution in [0.15, 0.2) is 0 Å². The van der Waals surface area contributed by atoms with Crippen LogP contribution in [0.5, 0.6) is 0 Å². The number of hydrogen-bond donors (Lipinski definition) is 3. The third kappa shape index (κ3) is 6.03. The highest BCUT2D eigenvalue weighted by atomic mass is 16.5. The fraction of sp³-hybridized carbons (Fsp3) is 0.778. The zero-order valence-electron chi connectivity index (χ0n) is 8.97. The van der Waals surface area contributed by atoms with Crippen molar-refractivity contribution in [3.05, 3.63) is 0 Å². The van der Waals surface area contributed by atoms with Gasteiger partial charge in [-0.1, -0.05) is 13.8 Å². The average molecular weight is 218 g/mol. The monoisotopic (exact) mass is 218 g/mol. The first-order valence-corrected chi connectivity index (χ1v) is 4.75. The molecule has 2 unspecified atom stereocenters. The van der Waals surface area contributed by atoms with Crippen molar-refractivity contribution in [3.63, 3.8) is 0 Å². The van der Waals surface area contributed by atoms with Gasteiger partial charge in [0, 0.05) is 0 Å². The van der Waals surface area contributed by atoms with Gasteiger partial charge in [0.25, 0.3) is 0 Å². The van der Waals surface area contributed by atoms with Gasteiger partial charge >= 0.3 is 11.9 Å². The second-order valence-electron chi connectivity index (χ2n) is 3.81. The molecule has 0 rings (SSSR count). The molecule has 88 valence electrons. The topological polar surface area (TPSA) is 116 Å². The van der Waals surface area contributed by atoms with E-state index in [9.17, 15) is 9.59 Å². The van der Waals surface area contributed by atoms with Crippen molar-refractivity contribution < 1.29 is 19.4 Å². The van der Waals surface area contributed by atoms with E-state index in [-0.39, 0.29) is 12.5 Å². The smallest absolute Gasteiger partial charge is 0.324 e. The minimum Gasteiger partial charge on any atom is -0.480 e. The number of ether oxygens (including phenoxy) is 1. The van der Waals surface area contributed by atoms with Crippen LogP contribution in [0.2, 0.25) is 0 Å². The number of rotatable bonds is 6. The summed E-state index contributed by atoms with van der Waals surface area (Å²) in [6.45, 7) is 3.51. The van der Waals surface area contributed by atoms with E-state index in [1.165, 1.54) is 0 Å². The maximum atomic E-state index is 11.2. The minimum absolute atomic E-state index is 0.278. The first-order valence-electron chi connectivity index (χ1n) is 4.75. The summed E-state index contributed by atoms with van der Waals surface area (Å²) in [5, 5.41) is 8.43. The van der Waals surface area contributed by atoms with Gasteiger partial charge in [-0.2, -0.15) is 0 Å². The van der Waals surface area contributed by atoms with Gasteiger partial charge in [0.1, 0.15) is 18.7 Å². The molecule has 6 heteroatoms. The molecule has 0 saturated carbocycles. The van der Waals surface area contributed by atoms with Crippen LogP contribution < -0.4 is 11.5 Å². The average Bonchev–Trinajstić information content (AvgIpc) is 2.12. The second-order valence-corrected chi connectivity index (χ2v) is 3.81. The zero-order chi connectivity index (χ0) is 12.0. The molecule has 0 fully saturated rings. The van der Waals surface area contributed by atoms with E-state index >= 15 is 0 Å². The van der Waals surface area contributed by atoms with E-state index in [2.05, 4.69) is 4.74 Å². The number of hydrogen-bond acceptors (Lipinski definition) is 5. The number of carboxylic acids is 1. The third-order valence-corrected chi connectivity index (χ3v) is 1.75. The molecule has 0 aliphatic carbocycles. The predicted molar refractivity (Wildman–Crippen MR) is 54.0 cm³/mol. The predicted octanol–water partition coefficient (Wildman–Crippen LogP) is -0.685. The third-order valence-electron chi connectivity index (χ3n) is 1.75. The van der Waals surface area contributed by atoms with Crippen molar-refractivity contribution in [1.82, 2.24) is 0 Å². The number of carboxylic acid groups (broad SMARTS) is 1. The van der Waals surface area contributed by atoms with Crippen LogP contribution >= 0.6 is 0 Å².